The topological polar surface area (TPSA) is 35.2 Å². The number of rotatable bonds is 1. The molecule has 0 heterocycles. The van der Waals surface area contributed by atoms with Crippen LogP contribution in [-0.2, 0) is 6.18 Å². The van der Waals surface area contributed by atoms with Gasteiger partial charge in [0.15, 0.2) is 5.75 Å². The van der Waals surface area contributed by atoms with Crippen LogP contribution in [0.25, 0.3) is 0 Å². The van der Waals surface area contributed by atoms with Gasteiger partial charge in [0.2, 0.25) is 0 Å². The lowest BCUT2D eigenvalue weighted by Gasteiger charge is -2.15. The number of hydrogen-bond acceptors (Lipinski definition) is 2. The van der Waals surface area contributed by atoms with Crippen LogP contribution in [0.5, 0.6) is 5.75 Å². The fourth-order valence-electron chi connectivity index (χ4n) is 1.00. The first-order valence-corrected chi connectivity index (χ1v) is 3.82. The van der Waals surface area contributed by atoms with E-state index >= 15 is 0 Å². The molecule has 2 N–H and O–H groups in total. The maximum absolute atomic E-state index is 12.2. The normalized spacial score (nSPS) is 12.6. The number of hydrogen-bond donors (Lipinski definition) is 1. The molecular formula is C8H5F6NO. The minimum Gasteiger partial charge on any atom is -0.404 e. The molecule has 16 heavy (non-hydrogen) atoms. The molecule has 0 radical (unpaired) electrons. The largest absolute Gasteiger partial charge is 0.573 e. The molecule has 1 aromatic rings. The fourth-order valence-corrected chi connectivity index (χ4v) is 1.00. The van der Waals surface area contributed by atoms with Crippen molar-refractivity contribution in [2.75, 3.05) is 5.73 Å². The Balaban J connectivity index is 3.15. The van der Waals surface area contributed by atoms with E-state index in [1.807, 2.05) is 0 Å². The highest BCUT2D eigenvalue weighted by molar-refractivity contribution is 5.59. The number of halogens is 6. The molecule has 0 aliphatic heterocycles. The van der Waals surface area contributed by atoms with Crippen molar-refractivity contribution in [2.24, 2.45) is 0 Å². The van der Waals surface area contributed by atoms with E-state index in [0.29, 0.717) is 12.1 Å². The summed E-state index contributed by atoms with van der Waals surface area (Å²) in [4.78, 5) is 0. The smallest absolute Gasteiger partial charge is 0.404 e. The Bertz CT molecular complexity index is 383. The van der Waals surface area contributed by atoms with Crippen LogP contribution >= 0.6 is 0 Å². The van der Waals surface area contributed by atoms with Crippen molar-refractivity contribution in [1.82, 2.24) is 0 Å². The van der Waals surface area contributed by atoms with E-state index in [1.165, 1.54) is 0 Å². The summed E-state index contributed by atoms with van der Waals surface area (Å²) >= 11 is 0. The lowest BCUT2D eigenvalue weighted by molar-refractivity contribution is -0.274. The highest BCUT2D eigenvalue weighted by atomic mass is 19.4. The van der Waals surface area contributed by atoms with E-state index in [9.17, 15) is 26.3 Å². The fraction of sp³-hybridized carbons (Fsp3) is 0.250. The quantitative estimate of drug-likeness (QED) is 0.609. The minimum atomic E-state index is -5.08. The van der Waals surface area contributed by atoms with Crippen molar-refractivity contribution in [3.8, 4) is 5.75 Å². The van der Waals surface area contributed by atoms with Crippen molar-refractivity contribution in [3.05, 3.63) is 23.8 Å². The third-order valence-corrected chi connectivity index (χ3v) is 1.60. The van der Waals surface area contributed by atoms with Crippen LogP contribution in [0.15, 0.2) is 18.2 Å². The molecule has 0 amide bonds. The van der Waals surface area contributed by atoms with Gasteiger partial charge >= 0.3 is 12.5 Å². The highest BCUT2D eigenvalue weighted by Crippen LogP contribution is 2.39. The van der Waals surface area contributed by atoms with Gasteiger partial charge in [-0.25, -0.2) is 0 Å². The summed E-state index contributed by atoms with van der Waals surface area (Å²) < 4.78 is 75.4. The Kier molecular flexibility index (Phi) is 2.93. The molecule has 1 aromatic carbocycles. The van der Waals surface area contributed by atoms with Crippen LogP contribution in [0.1, 0.15) is 5.56 Å². The van der Waals surface area contributed by atoms with Gasteiger partial charge in [0.05, 0.1) is 11.3 Å². The van der Waals surface area contributed by atoms with E-state index in [-0.39, 0.29) is 0 Å². The lowest BCUT2D eigenvalue weighted by atomic mass is 10.1. The zero-order valence-electron chi connectivity index (χ0n) is 7.49. The first-order chi connectivity index (χ1) is 7.11. The maximum atomic E-state index is 12.2. The molecule has 90 valence electrons. The van der Waals surface area contributed by atoms with Crippen molar-refractivity contribution in [1.29, 1.82) is 0 Å². The van der Waals surface area contributed by atoms with Crippen LogP contribution in [0.4, 0.5) is 32.0 Å². The summed E-state index contributed by atoms with van der Waals surface area (Å²) in [6.45, 7) is 0. The monoisotopic (exact) mass is 245 g/mol. The van der Waals surface area contributed by atoms with Gasteiger partial charge in [-0.15, -0.1) is 13.2 Å². The Labute approximate surface area is 85.6 Å². The van der Waals surface area contributed by atoms with Crippen molar-refractivity contribution < 1.29 is 31.1 Å². The van der Waals surface area contributed by atoms with Crippen molar-refractivity contribution in [2.45, 2.75) is 12.5 Å². The predicted octanol–water partition coefficient (Wildman–Crippen LogP) is 3.19. The van der Waals surface area contributed by atoms with Crippen molar-refractivity contribution in [3.63, 3.8) is 0 Å². The number of benzene rings is 1. The first-order valence-electron chi connectivity index (χ1n) is 3.82. The summed E-state index contributed by atoms with van der Waals surface area (Å²) in [6.07, 6.45) is -9.91. The second kappa shape index (κ2) is 3.76. The van der Waals surface area contributed by atoms with Gasteiger partial charge in [-0.3, -0.25) is 0 Å². The van der Waals surface area contributed by atoms with E-state index in [4.69, 9.17) is 5.73 Å². The third-order valence-electron chi connectivity index (χ3n) is 1.60. The molecule has 0 spiro atoms. The number of alkyl halides is 6. The van der Waals surface area contributed by atoms with Crippen LogP contribution in [0, 0.1) is 0 Å². The van der Waals surface area contributed by atoms with E-state index in [0.717, 1.165) is 6.07 Å². The zero-order chi connectivity index (χ0) is 12.6. The third kappa shape index (κ3) is 2.94. The van der Waals surface area contributed by atoms with Crippen LogP contribution in [0.3, 0.4) is 0 Å². The maximum Gasteiger partial charge on any atom is 0.573 e. The highest BCUT2D eigenvalue weighted by Gasteiger charge is 2.37. The van der Waals surface area contributed by atoms with Gasteiger partial charge < -0.3 is 10.5 Å². The Hall–Kier alpha value is -1.60. The standard InChI is InChI=1S/C8H5F6NO/c9-7(10,11)4-2-1-3-5(6(4)15)16-8(12,13)14/h1-3H,15H2. The zero-order valence-corrected chi connectivity index (χ0v) is 7.49. The molecule has 0 atom stereocenters. The molecule has 2 nitrogen and oxygen atoms in total. The van der Waals surface area contributed by atoms with E-state index < -0.39 is 29.5 Å². The summed E-state index contributed by atoms with van der Waals surface area (Å²) in [5, 5.41) is 0. The summed E-state index contributed by atoms with van der Waals surface area (Å²) in [5.41, 5.74) is 2.47. The lowest BCUT2D eigenvalue weighted by Crippen LogP contribution is -2.19. The molecule has 1 rings (SSSR count). The predicted molar refractivity (Wildman–Crippen MR) is 42.5 cm³/mol. The average molecular weight is 245 g/mol. The molecule has 0 saturated carbocycles. The van der Waals surface area contributed by atoms with Crippen LogP contribution < -0.4 is 10.5 Å². The van der Waals surface area contributed by atoms with Gasteiger partial charge in [-0.05, 0) is 12.1 Å². The van der Waals surface area contributed by atoms with E-state index in [2.05, 4.69) is 4.74 Å². The van der Waals surface area contributed by atoms with Crippen molar-refractivity contribution >= 4 is 5.69 Å². The SMILES string of the molecule is Nc1c(OC(F)(F)F)cccc1C(F)(F)F. The molecule has 0 aromatic heterocycles. The van der Waals surface area contributed by atoms with Crippen LogP contribution in [0.2, 0.25) is 0 Å². The van der Waals surface area contributed by atoms with Gasteiger partial charge in [-0.2, -0.15) is 13.2 Å². The second-order valence-electron chi connectivity index (χ2n) is 2.76. The summed E-state index contributed by atoms with van der Waals surface area (Å²) in [5.74, 6) is -1.07. The van der Waals surface area contributed by atoms with Gasteiger partial charge in [0.25, 0.3) is 0 Å². The molecule has 0 saturated heterocycles. The molecule has 0 aliphatic carbocycles. The molecule has 0 unspecified atom stereocenters. The summed E-state index contributed by atoms with van der Waals surface area (Å²) in [7, 11) is 0. The van der Waals surface area contributed by atoms with Gasteiger partial charge in [0, 0.05) is 0 Å². The average Bonchev–Trinajstić information content (AvgIpc) is 2.04. The molecule has 0 bridgehead atoms. The first kappa shape index (κ1) is 12.5. The Morgan fingerprint density at radius 3 is 2.00 bits per heavy atom. The molecular weight excluding hydrogens is 240 g/mol. The molecule has 0 aliphatic rings. The summed E-state index contributed by atoms with van der Waals surface area (Å²) in [6, 6.07) is 2.05. The number of ether oxygens (including phenoxy) is 1. The number of para-hydroxylation sites is 1. The molecule has 0 fully saturated rings. The number of nitrogen functional groups attached to an aromatic ring is 1. The van der Waals surface area contributed by atoms with Crippen LogP contribution in [-0.4, -0.2) is 6.36 Å². The number of anilines is 1. The molecule has 8 heteroatoms. The second-order valence-corrected chi connectivity index (χ2v) is 2.76. The minimum absolute atomic E-state index is 0.568. The number of nitrogens with two attached hydrogens (primary N) is 1. The Morgan fingerprint density at radius 1 is 1.00 bits per heavy atom. The van der Waals surface area contributed by atoms with Gasteiger partial charge in [-0.1, -0.05) is 6.07 Å². The van der Waals surface area contributed by atoms with Gasteiger partial charge in [0.1, 0.15) is 0 Å². The van der Waals surface area contributed by atoms with E-state index in [1.54, 1.807) is 0 Å². The Morgan fingerprint density at radius 2 is 1.56 bits per heavy atom.